The summed E-state index contributed by atoms with van der Waals surface area (Å²) in [6.45, 7) is 5.85. The van der Waals surface area contributed by atoms with Crippen molar-refractivity contribution >= 4 is 30.1 Å². The molecule has 2 aliphatic rings. The van der Waals surface area contributed by atoms with Gasteiger partial charge in [-0.1, -0.05) is 0 Å². The number of likely N-dealkylation sites (tertiary alicyclic amines) is 1. The zero-order chi connectivity index (χ0) is 16.7. The Balaban J connectivity index is 0.00000288. The average molecular weight is 361 g/mol. The number of nitrogens with one attached hydrogen (secondary N) is 2. The Labute approximate surface area is 149 Å². The van der Waals surface area contributed by atoms with Crippen molar-refractivity contribution in [3.8, 4) is 0 Å². The summed E-state index contributed by atoms with van der Waals surface area (Å²) >= 11 is 0. The van der Waals surface area contributed by atoms with Crippen molar-refractivity contribution in [2.45, 2.75) is 45.1 Å². The molecule has 0 aliphatic carbocycles. The molecule has 0 radical (unpaired) electrons. The standard InChI is InChI=1S/C16H28N4O3.ClH/c1-2-18-14(21)6-3-7-15(22)19-9-4-5-13(12-19)20-10-8-17-11-16(20)23;/h13,17H,2-12H2,1H3,(H,18,21);1H. The predicted molar refractivity (Wildman–Crippen MR) is 94.0 cm³/mol. The number of piperidine rings is 1. The fourth-order valence-electron chi connectivity index (χ4n) is 3.29. The topological polar surface area (TPSA) is 81.8 Å². The van der Waals surface area contributed by atoms with Crippen molar-refractivity contribution in [3.63, 3.8) is 0 Å². The Hall–Kier alpha value is -1.34. The number of amides is 3. The van der Waals surface area contributed by atoms with Crippen molar-refractivity contribution in [2.75, 3.05) is 39.3 Å². The van der Waals surface area contributed by atoms with Gasteiger partial charge in [-0.25, -0.2) is 0 Å². The Morgan fingerprint density at radius 3 is 2.79 bits per heavy atom. The highest BCUT2D eigenvalue weighted by molar-refractivity contribution is 5.85. The average Bonchev–Trinajstić information content (AvgIpc) is 2.55. The summed E-state index contributed by atoms with van der Waals surface area (Å²) in [4.78, 5) is 39.5. The second-order valence-electron chi connectivity index (χ2n) is 6.21. The summed E-state index contributed by atoms with van der Waals surface area (Å²) in [5.41, 5.74) is 0. The van der Waals surface area contributed by atoms with Crippen LogP contribution in [0, 0.1) is 0 Å². The van der Waals surface area contributed by atoms with Gasteiger partial charge < -0.3 is 20.4 Å². The molecule has 2 aliphatic heterocycles. The minimum Gasteiger partial charge on any atom is -0.356 e. The number of nitrogens with zero attached hydrogens (tertiary/aromatic N) is 2. The minimum atomic E-state index is 0. The van der Waals surface area contributed by atoms with Gasteiger partial charge in [-0.05, 0) is 26.2 Å². The van der Waals surface area contributed by atoms with Gasteiger partial charge in [-0.3, -0.25) is 14.4 Å². The smallest absolute Gasteiger partial charge is 0.236 e. The second-order valence-corrected chi connectivity index (χ2v) is 6.21. The third-order valence-corrected chi connectivity index (χ3v) is 4.48. The monoisotopic (exact) mass is 360 g/mol. The van der Waals surface area contributed by atoms with Crippen LogP contribution in [0.3, 0.4) is 0 Å². The first-order valence-corrected chi connectivity index (χ1v) is 8.66. The van der Waals surface area contributed by atoms with E-state index >= 15 is 0 Å². The van der Waals surface area contributed by atoms with E-state index in [1.807, 2.05) is 16.7 Å². The van der Waals surface area contributed by atoms with Gasteiger partial charge in [0.15, 0.2) is 0 Å². The molecule has 0 aromatic heterocycles. The molecule has 1 atom stereocenters. The molecule has 2 rings (SSSR count). The number of piperazine rings is 1. The van der Waals surface area contributed by atoms with Crippen LogP contribution in [-0.4, -0.2) is 72.8 Å². The molecule has 0 spiro atoms. The van der Waals surface area contributed by atoms with E-state index in [0.29, 0.717) is 38.9 Å². The lowest BCUT2D eigenvalue weighted by Crippen LogP contribution is -2.57. The molecule has 3 amide bonds. The van der Waals surface area contributed by atoms with E-state index in [1.54, 1.807) is 0 Å². The van der Waals surface area contributed by atoms with E-state index in [0.717, 1.165) is 32.5 Å². The van der Waals surface area contributed by atoms with Crippen molar-refractivity contribution in [3.05, 3.63) is 0 Å². The van der Waals surface area contributed by atoms with Crippen LogP contribution in [-0.2, 0) is 14.4 Å². The maximum Gasteiger partial charge on any atom is 0.236 e. The van der Waals surface area contributed by atoms with Crippen LogP contribution in [0.4, 0.5) is 0 Å². The van der Waals surface area contributed by atoms with E-state index in [-0.39, 0.29) is 36.2 Å². The normalized spacial score (nSPS) is 21.2. The van der Waals surface area contributed by atoms with Gasteiger partial charge in [0.05, 0.1) is 6.54 Å². The highest BCUT2D eigenvalue weighted by atomic mass is 35.5. The fourth-order valence-corrected chi connectivity index (χ4v) is 3.29. The Kier molecular flexibility index (Phi) is 9.07. The lowest BCUT2D eigenvalue weighted by Gasteiger charge is -2.41. The number of carbonyl (C=O) groups excluding carboxylic acids is 3. The van der Waals surface area contributed by atoms with Crippen molar-refractivity contribution in [1.82, 2.24) is 20.4 Å². The molecule has 2 heterocycles. The molecular formula is C16H29ClN4O3. The van der Waals surface area contributed by atoms with Crippen LogP contribution in [0.1, 0.15) is 39.0 Å². The van der Waals surface area contributed by atoms with E-state index in [1.165, 1.54) is 0 Å². The highest BCUT2D eigenvalue weighted by Crippen LogP contribution is 2.18. The number of rotatable bonds is 6. The zero-order valence-electron chi connectivity index (χ0n) is 14.4. The fraction of sp³-hybridized carbons (Fsp3) is 0.812. The highest BCUT2D eigenvalue weighted by Gasteiger charge is 2.31. The molecular weight excluding hydrogens is 332 g/mol. The van der Waals surface area contributed by atoms with Crippen molar-refractivity contribution in [2.24, 2.45) is 0 Å². The molecule has 0 saturated carbocycles. The molecule has 138 valence electrons. The quantitative estimate of drug-likeness (QED) is 0.706. The van der Waals surface area contributed by atoms with Gasteiger partial charge in [0, 0.05) is 51.6 Å². The summed E-state index contributed by atoms with van der Waals surface area (Å²) in [5, 5.41) is 5.82. The number of hydrogen-bond donors (Lipinski definition) is 2. The van der Waals surface area contributed by atoms with Crippen LogP contribution in [0.25, 0.3) is 0 Å². The summed E-state index contributed by atoms with van der Waals surface area (Å²) in [5.74, 6) is 0.233. The summed E-state index contributed by atoms with van der Waals surface area (Å²) < 4.78 is 0. The van der Waals surface area contributed by atoms with Crippen LogP contribution in [0.15, 0.2) is 0 Å². The molecule has 8 heteroatoms. The van der Waals surface area contributed by atoms with E-state index < -0.39 is 0 Å². The first-order valence-electron chi connectivity index (χ1n) is 8.66. The molecule has 7 nitrogen and oxygen atoms in total. The van der Waals surface area contributed by atoms with Gasteiger partial charge in [-0.15, -0.1) is 12.4 Å². The van der Waals surface area contributed by atoms with Crippen LogP contribution in [0.2, 0.25) is 0 Å². The van der Waals surface area contributed by atoms with Gasteiger partial charge in [0.1, 0.15) is 0 Å². The van der Waals surface area contributed by atoms with Gasteiger partial charge in [0.25, 0.3) is 0 Å². The lowest BCUT2D eigenvalue weighted by atomic mass is 10.0. The molecule has 2 fully saturated rings. The minimum absolute atomic E-state index is 0. The van der Waals surface area contributed by atoms with Crippen LogP contribution < -0.4 is 10.6 Å². The number of carbonyl (C=O) groups is 3. The Bertz CT molecular complexity index is 447. The van der Waals surface area contributed by atoms with E-state index in [4.69, 9.17) is 0 Å². The molecule has 0 aromatic rings. The molecule has 1 unspecified atom stereocenters. The number of hydrogen-bond acceptors (Lipinski definition) is 4. The Morgan fingerprint density at radius 1 is 1.29 bits per heavy atom. The molecule has 0 aromatic carbocycles. The summed E-state index contributed by atoms with van der Waals surface area (Å²) in [6.07, 6.45) is 3.28. The summed E-state index contributed by atoms with van der Waals surface area (Å²) in [7, 11) is 0. The third-order valence-electron chi connectivity index (χ3n) is 4.48. The predicted octanol–water partition coefficient (Wildman–Crippen LogP) is 0.137. The van der Waals surface area contributed by atoms with E-state index in [2.05, 4.69) is 10.6 Å². The number of halogens is 1. The molecule has 2 N–H and O–H groups in total. The zero-order valence-corrected chi connectivity index (χ0v) is 15.2. The summed E-state index contributed by atoms with van der Waals surface area (Å²) in [6, 6.07) is 0.144. The maximum atomic E-state index is 12.3. The van der Waals surface area contributed by atoms with Gasteiger partial charge in [-0.2, -0.15) is 0 Å². The van der Waals surface area contributed by atoms with E-state index in [9.17, 15) is 14.4 Å². The van der Waals surface area contributed by atoms with Crippen LogP contribution >= 0.6 is 12.4 Å². The molecule has 24 heavy (non-hydrogen) atoms. The first-order chi connectivity index (χ1) is 11.1. The Morgan fingerprint density at radius 2 is 2.08 bits per heavy atom. The van der Waals surface area contributed by atoms with Gasteiger partial charge in [0.2, 0.25) is 17.7 Å². The lowest BCUT2D eigenvalue weighted by molar-refractivity contribution is -0.140. The van der Waals surface area contributed by atoms with Gasteiger partial charge >= 0.3 is 0 Å². The molecule has 2 saturated heterocycles. The first kappa shape index (κ1) is 20.7. The van der Waals surface area contributed by atoms with Crippen molar-refractivity contribution < 1.29 is 14.4 Å². The third kappa shape index (κ3) is 5.94. The second kappa shape index (κ2) is 10.5. The van der Waals surface area contributed by atoms with Crippen LogP contribution in [0.5, 0.6) is 0 Å². The molecule has 0 bridgehead atoms. The SMILES string of the molecule is CCNC(=O)CCCC(=O)N1CCCC(N2CCNCC2=O)C1.Cl. The largest absolute Gasteiger partial charge is 0.356 e. The maximum absolute atomic E-state index is 12.3. The van der Waals surface area contributed by atoms with Crippen molar-refractivity contribution in [1.29, 1.82) is 0 Å².